The molecule has 0 heterocycles. The number of carbonyl (C=O) groups is 1. The molecule has 0 bridgehead atoms. The molecule has 0 saturated carbocycles. The van der Waals surface area contributed by atoms with Crippen LogP contribution >= 0.6 is 11.8 Å². The van der Waals surface area contributed by atoms with Crippen molar-refractivity contribution in [1.82, 2.24) is 5.32 Å². The number of halogens is 4. The number of benzene rings is 1. The summed E-state index contributed by atoms with van der Waals surface area (Å²) < 4.78 is 51.5. The van der Waals surface area contributed by atoms with E-state index < -0.39 is 17.6 Å². The van der Waals surface area contributed by atoms with E-state index in [0.29, 0.717) is 6.07 Å². The second-order valence-corrected chi connectivity index (χ2v) is 6.33. The summed E-state index contributed by atoms with van der Waals surface area (Å²) in [5.74, 6) is -0.445. The monoisotopic (exact) mass is 337 g/mol. The van der Waals surface area contributed by atoms with Gasteiger partial charge in [0, 0.05) is 6.54 Å². The zero-order valence-electron chi connectivity index (χ0n) is 12.5. The predicted octanol–water partition coefficient (Wildman–Crippen LogP) is 4.38. The van der Waals surface area contributed by atoms with Crippen LogP contribution in [0.5, 0.6) is 0 Å². The largest absolute Gasteiger partial charge is 0.416 e. The molecule has 0 fully saturated rings. The van der Waals surface area contributed by atoms with Crippen LogP contribution < -0.4 is 5.32 Å². The Morgan fingerprint density at radius 2 is 2.05 bits per heavy atom. The van der Waals surface area contributed by atoms with Crippen LogP contribution in [0.4, 0.5) is 17.6 Å². The van der Waals surface area contributed by atoms with Gasteiger partial charge in [0.2, 0.25) is 5.91 Å². The van der Waals surface area contributed by atoms with Gasteiger partial charge in [0.05, 0.1) is 10.8 Å². The summed E-state index contributed by atoms with van der Waals surface area (Å²) >= 11 is 1.46. The molecule has 1 N–H and O–H groups in total. The Bertz CT molecular complexity index is 505. The first-order chi connectivity index (χ1) is 10.3. The van der Waals surface area contributed by atoms with Gasteiger partial charge in [-0.25, -0.2) is 4.39 Å². The lowest BCUT2D eigenvalue weighted by molar-refractivity contribution is -0.138. The second-order valence-electron chi connectivity index (χ2n) is 4.88. The summed E-state index contributed by atoms with van der Waals surface area (Å²) in [7, 11) is 0. The number of alkyl halides is 3. The predicted molar refractivity (Wildman–Crippen MR) is 80.1 cm³/mol. The maximum absolute atomic E-state index is 13.0. The first-order valence-corrected chi connectivity index (χ1v) is 8.05. The molecule has 1 unspecified atom stereocenters. The minimum absolute atomic E-state index is 0.145. The van der Waals surface area contributed by atoms with E-state index in [1.807, 2.05) is 6.92 Å². The summed E-state index contributed by atoms with van der Waals surface area (Å²) in [6, 6.07) is 2.45. The highest BCUT2D eigenvalue weighted by molar-refractivity contribution is 8.00. The van der Waals surface area contributed by atoms with Gasteiger partial charge in [-0.15, -0.1) is 11.8 Å². The van der Waals surface area contributed by atoms with Crippen molar-refractivity contribution < 1.29 is 22.4 Å². The molecule has 1 aromatic carbocycles. The third-order valence-electron chi connectivity index (χ3n) is 3.07. The maximum Gasteiger partial charge on any atom is 0.416 e. The Morgan fingerprint density at radius 1 is 1.36 bits per heavy atom. The Balaban J connectivity index is 2.66. The Labute approximate surface area is 131 Å². The van der Waals surface area contributed by atoms with Crippen LogP contribution in [0.3, 0.4) is 0 Å². The number of carbonyl (C=O) groups excluding carboxylic acids is 1. The molecule has 0 spiro atoms. The molecule has 1 aromatic rings. The van der Waals surface area contributed by atoms with Crippen molar-refractivity contribution in [2.24, 2.45) is 0 Å². The van der Waals surface area contributed by atoms with Crippen LogP contribution in [0, 0.1) is 5.82 Å². The number of unbranched alkanes of at least 4 members (excludes halogenated alkanes) is 1. The highest BCUT2D eigenvalue weighted by Crippen LogP contribution is 2.32. The molecular formula is C15H19F4NOS. The van der Waals surface area contributed by atoms with Crippen LogP contribution in [0.2, 0.25) is 0 Å². The van der Waals surface area contributed by atoms with E-state index in [1.165, 1.54) is 11.8 Å². The van der Waals surface area contributed by atoms with Crippen molar-refractivity contribution in [3.63, 3.8) is 0 Å². The van der Waals surface area contributed by atoms with Gasteiger partial charge in [0.15, 0.2) is 0 Å². The number of hydrogen-bond donors (Lipinski definition) is 1. The average Bonchev–Trinajstić information content (AvgIpc) is 2.44. The molecule has 2 nitrogen and oxygen atoms in total. The van der Waals surface area contributed by atoms with Crippen molar-refractivity contribution >= 4 is 17.7 Å². The quantitative estimate of drug-likeness (QED) is 0.591. The Hall–Kier alpha value is -1.24. The number of nitrogens with one attached hydrogen (secondary N) is 1. The average molecular weight is 337 g/mol. The Kier molecular flexibility index (Phi) is 7.19. The molecule has 22 heavy (non-hydrogen) atoms. The van der Waals surface area contributed by atoms with E-state index >= 15 is 0 Å². The van der Waals surface area contributed by atoms with Gasteiger partial charge in [0.1, 0.15) is 5.82 Å². The van der Waals surface area contributed by atoms with E-state index in [0.717, 1.165) is 30.7 Å². The molecule has 1 amide bonds. The molecule has 0 aliphatic carbocycles. The van der Waals surface area contributed by atoms with E-state index in [2.05, 4.69) is 5.32 Å². The Morgan fingerprint density at radius 3 is 2.64 bits per heavy atom. The molecule has 1 rings (SSSR count). The second kappa shape index (κ2) is 8.41. The van der Waals surface area contributed by atoms with Crippen molar-refractivity contribution in [3.05, 3.63) is 35.1 Å². The normalized spacial score (nSPS) is 13.0. The maximum atomic E-state index is 13.0. The molecule has 0 saturated heterocycles. The standard InChI is InChI=1S/C15H19F4NOS/c1-3-4-7-22-10(2)14(21)20-9-11-5-6-12(16)8-13(11)15(17,18)19/h5-6,8,10H,3-4,7,9H2,1-2H3,(H,20,21). The van der Waals surface area contributed by atoms with E-state index in [9.17, 15) is 22.4 Å². The van der Waals surface area contributed by atoms with Gasteiger partial charge in [-0.2, -0.15) is 13.2 Å². The smallest absolute Gasteiger partial charge is 0.351 e. The van der Waals surface area contributed by atoms with Crippen molar-refractivity contribution in [2.45, 2.75) is 44.7 Å². The fourth-order valence-electron chi connectivity index (χ4n) is 1.77. The van der Waals surface area contributed by atoms with Crippen molar-refractivity contribution in [1.29, 1.82) is 0 Å². The summed E-state index contributed by atoms with van der Waals surface area (Å²) in [5, 5.41) is 2.14. The van der Waals surface area contributed by atoms with Gasteiger partial charge in [0.25, 0.3) is 0 Å². The fourth-order valence-corrected chi connectivity index (χ4v) is 2.82. The topological polar surface area (TPSA) is 29.1 Å². The fraction of sp³-hybridized carbons (Fsp3) is 0.533. The lowest BCUT2D eigenvalue weighted by Gasteiger charge is -2.15. The highest BCUT2D eigenvalue weighted by atomic mass is 32.2. The number of hydrogen-bond acceptors (Lipinski definition) is 2. The molecule has 0 aliphatic heterocycles. The van der Waals surface area contributed by atoms with E-state index in [4.69, 9.17) is 0 Å². The van der Waals surface area contributed by atoms with Crippen LogP contribution in [0.1, 0.15) is 37.8 Å². The van der Waals surface area contributed by atoms with Gasteiger partial charge < -0.3 is 5.32 Å². The van der Waals surface area contributed by atoms with Crippen LogP contribution in [0.15, 0.2) is 18.2 Å². The molecule has 1 atom stereocenters. The minimum atomic E-state index is -4.65. The molecule has 0 radical (unpaired) electrons. The van der Waals surface area contributed by atoms with Crippen LogP contribution in [-0.4, -0.2) is 16.9 Å². The summed E-state index contributed by atoms with van der Waals surface area (Å²) in [6.07, 6.45) is -2.64. The zero-order valence-corrected chi connectivity index (χ0v) is 13.3. The van der Waals surface area contributed by atoms with Crippen molar-refractivity contribution in [2.75, 3.05) is 5.75 Å². The van der Waals surface area contributed by atoms with E-state index in [-0.39, 0.29) is 23.3 Å². The van der Waals surface area contributed by atoms with Gasteiger partial charge in [-0.05, 0) is 36.8 Å². The molecule has 7 heteroatoms. The van der Waals surface area contributed by atoms with E-state index in [1.54, 1.807) is 6.92 Å². The molecular weight excluding hydrogens is 318 g/mol. The lowest BCUT2D eigenvalue weighted by atomic mass is 10.1. The summed E-state index contributed by atoms with van der Waals surface area (Å²) in [6.45, 7) is 3.48. The lowest BCUT2D eigenvalue weighted by Crippen LogP contribution is -2.31. The molecule has 0 aromatic heterocycles. The molecule has 124 valence electrons. The highest BCUT2D eigenvalue weighted by Gasteiger charge is 2.33. The third-order valence-corrected chi connectivity index (χ3v) is 4.30. The number of thioether (sulfide) groups is 1. The van der Waals surface area contributed by atoms with Crippen LogP contribution in [-0.2, 0) is 17.5 Å². The van der Waals surface area contributed by atoms with Gasteiger partial charge in [-0.1, -0.05) is 19.4 Å². The van der Waals surface area contributed by atoms with Gasteiger partial charge in [-0.3, -0.25) is 4.79 Å². The first kappa shape index (κ1) is 18.8. The summed E-state index contributed by atoms with van der Waals surface area (Å²) in [4.78, 5) is 11.9. The van der Waals surface area contributed by atoms with Crippen molar-refractivity contribution in [3.8, 4) is 0 Å². The zero-order chi connectivity index (χ0) is 16.8. The minimum Gasteiger partial charge on any atom is -0.351 e. The summed E-state index contributed by atoms with van der Waals surface area (Å²) in [5.41, 5.74) is -1.20. The molecule has 0 aliphatic rings. The SMILES string of the molecule is CCCCSC(C)C(=O)NCc1ccc(F)cc1C(F)(F)F. The number of rotatable bonds is 7. The van der Waals surface area contributed by atoms with Gasteiger partial charge >= 0.3 is 6.18 Å². The number of amides is 1. The van der Waals surface area contributed by atoms with Crippen LogP contribution in [0.25, 0.3) is 0 Å². The first-order valence-electron chi connectivity index (χ1n) is 7.00. The third kappa shape index (κ3) is 5.87.